The van der Waals surface area contributed by atoms with Crippen LogP contribution in [0.25, 0.3) is 0 Å². The molecule has 1 aromatic carbocycles. The predicted octanol–water partition coefficient (Wildman–Crippen LogP) is 2.17. The molecule has 1 heterocycles. The molecule has 1 atom stereocenters. The molecule has 2 amide bonds. The zero-order valence-electron chi connectivity index (χ0n) is 15.9. The molecule has 1 saturated carbocycles. The fourth-order valence-electron chi connectivity index (χ4n) is 2.89. The summed E-state index contributed by atoms with van der Waals surface area (Å²) >= 11 is 1.30. The molecule has 0 spiro atoms. The SMILES string of the molecule is Cc1cc(C)c(NC(=O)CNC(=O)C(C)Sc2nnnn2C2CC2)c(C)c1. The van der Waals surface area contributed by atoms with Crippen molar-refractivity contribution in [3.05, 3.63) is 28.8 Å². The average molecular weight is 388 g/mol. The zero-order chi connectivity index (χ0) is 19.6. The fraction of sp³-hybridized carbons (Fsp3) is 0.500. The van der Waals surface area contributed by atoms with E-state index in [-0.39, 0.29) is 18.4 Å². The lowest BCUT2D eigenvalue weighted by Crippen LogP contribution is -2.37. The van der Waals surface area contributed by atoms with Gasteiger partial charge in [-0.1, -0.05) is 29.5 Å². The number of hydrogen-bond donors (Lipinski definition) is 2. The third-order valence-electron chi connectivity index (χ3n) is 4.37. The van der Waals surface area contributed by atoms with Crippen LogP contribution in [-0.2, 0) is 9.59 Å². The van der Waals surface area contributed by atoms with Crippen molar-refractivity contribution in [2.24, 2.45) is 0 Å². The van der Waals surface area contributed by atoms with Crippen molar-refractivity contribution in [1.82, 2.24) is 25.5 Å². The highest BCUT2D eigenvalue weighted by atomic mass is 32.2. The lowest BCUT2D eigenvalue weighted by Gasteiger charge is -2.14. The Morgan fingerprint density at radius 3 is 2.56 bits per heavy atom. The summed E-state index contributed by atoms with van der Waals surface area (Å²) in [6.45, 7) is 7.63. The summed E-state index contributed by atoms with van der Waals surface area (Å²) in [6.07, 6.45) is 2.13. The van der Waals surface area contributed by atoms with Gasteiger partial charge in [0.2, 0.25) is 17.0 Å². The lowest BCUT2D eigenvalue weighted by molar-refractivity contribution is -0.123. The molecule has 1 aromatic heterocycles. The fourth-order valence-corrected chi connectivity index (χ4v) is 3.78. The number of hydrogen-bond acceptors (Lipinski definition) is 6. The average Bonchev–Trinajstić information content (AvgIpc) is 3.35. The van der Waals surface area contributed by atoms with E-state index in [0.717, 1.165) is 35.2 Å². The van der Waals surface area contributed by atoms with Gasteiger partial charge in [-0.05, 0) is 62.1 Å². The van der Waals surface area contributed by atoms with Crippen molar-refractivity contribution in [1.29, 1.82) is 0 Å². The van der Waals surface area contributed by atoms with Gasteiger partial charge in [0.25, 0.3) is 0 Å². The quantitative estimate of drug-likeness (QED) is 0.705. The van der Waals surface area contributed by atoms with Crippen LogP contribution in [0.15, 0.2) is 17.3 Å². The van der Waals surface area contributed by atoms with Crippen LogP contribution in [0.5, 0.6) is 0 Å². The number of aryl methyl sites for hydroxylation is 3. The van der Waals surface area contributed by atoms with Gasteiger partial charge in [0, 0.05) is 5.69 Å². The molecule has 9 heteroatoms. The Morgan fingerprint density at radius 2 is 1.93 bits per heavy atom. The summed E-state index contributed by atoms with van der Waals surface area (Å²) < 4.78 is 1.77. The van der Waals surface area contributed by atoms with Gasteiger partial charge in [-0.2, -0.15) is 0 Å². The van der Waals surface area contributed by atoms with Gasteiger partial charge < -0.3 is 10.6 Å². The second kappa shape index (κ2) is 8.08. The van der Waals surface area contributed by atoms with Crippen molar-refractivity contribution in [2.45, 2.75) is 57.0 Å². The van der Waals surface area contributed by atoms with E-state index in [9.17, 15) is 9.59 Å². The van der Waals surface area contributed by atoms with Crippen molar-refractivity contribution in [3.8, 4) is 0 Å². The molecule has 27 heavy (non-hydrogen) atoms. The number of nitrogens with zero attached hydrogens (tertiary/aromatic N) is 4. The third kappa shape index (κ3) is 4.85. The van der Waals surface area contributed by atoms with Crippen LogP contribution in [0.3, 0.4) is 0 Å². The lowest BCUT2D eigenvalue weighted by atomic mass is 10.1. The normalized spacial score (nSPS) is 14.7. The first-order valence-electron chi connectivity index (χ1n) is 8.95. The topological polar surface area (TPSA) is 102 Å². The summed E-state index contributed by atoms with van der Waals surface area (Å²) in [4.78, 5) is 24.5. The molecule has 2 N–H and O–H groups in total. The molecule has 0 saturated heterocycles. The van der Waals surface area contributed by atoms with E-state index in [1.165, 1.54) is 11.8 Å². The van der Waals surface area contributed by atoms with Crippen LogP contribution < -0.4 is 10.6 Å². The van der Waals surface area contributed by atoms with Crippen LogP contribution >= 0.6 is 11.8 Å². The molecule has 1 aliphatic rings. The Labute approximate surface area is 162 Å². The molecule has 144 valence electrons. The van der Waals surface area contributed by atoms with E-state index in [1.807, 2.05) is 32.9 Å². The molecule has 0 radical (unpaired) electrons. The number of carbonyl (C=O) groups is 2. The van der Waals surface area contributed by atoms with E-state index in [0.29, 0.717) is 11.2 Å². The van der Waals surface area contributed by atoms with Crippen LogP contribution in [0.2, 0.25) is 0 Å². The standard InChI is InChI=1S/C18H24N6O2S/c1-10-7-11(2)16(12(3)8-10)20-15(25)9-19-17(26)13(4)27-18-21-22-23-24(18)14-5-6-14/h7-8,13-14H,5-6,9H2,1-4H3,(H,19,26)(H,20,25). The van der Waals surface area contributed by atoms with E-state index in [1.54, 1.807) is 11.6 Å². The number of carbonyl (C=O) groups excluding carboxylic acids is 2. The van der Waals surface area contributed by atoms with Gasteiger partial charge in [0.05, 0.1) is 17.8 Å². The number of tetrazole rings is 1. The van der Waals surface area contributed by atoms with Crippen molar-refractivity contribution < 1.29 is 9.59 Å². The molecule has 3 rings (SSSR count). The minimum absolute atomic E-state index is 0.0793. The monoisotopic (exact) mass is 388 g/mol. The van der Waals surface area contributed by atoms with Crippen LogP contribution in [0.1, 0.15) is 42.5 Å². The molecular weight excluding hydrogens is 364 g/mol. The molecule has 1 aliphatic carbocycles. The summed E-state index contributed by atoms with van der Waals surface area (Å²) in [5, 5.41) is 17.4. The van der Waals surface area contributed by atoms with E-state index < -0.39 is 5.25 Å². The number of anilines is 1. The van der Waals surface area contributed by atoms with E-state index >= 15 is 0 Å². The van der Waals surface area contributed by atoms with Crippen LogP contribution in [-0.4, -0.2) is 43.8 Å². The number of amides is 2. The summed E-state index contributed by atoms with van der Waals surface area (Å²) in [5.41, 5.74) is 3.95. The highest BCUT2D eigenvalue weighted by molar-refractivity contribution is 8.00. The maximum Gasteiger partial charge on any atom is 0.243 e. The van der Waals surface area contributed by atoms with Gasteiger partial charge in [-0.3, -0.25) is 9.59 Å². The first kappa shape index (κ1) is 19.3. The van der Waals surface area contributed by atoms with Gasteiger partial charge in [0.1, 0.15) is 0 Å². The summed E-state index contributed by atoms with van der Waals surface area (Å²) in [7, 11) is 0. The minimum Gasteiger partial charge on any atom is -0.346 e. The molecule has 8 nitrogen and oxygen atoms in total. The Morgan fingerprint density at radius 1 is 1.26 bits per heavy atom. The van der Waals surface area contributed by atoms with Gasteiger partial charge >= 0.3 is 0 Å². The smallest absolute Gasteiger partial charge is 0.243 e. The zero-order valence-corrected chi connectivity index (χ0v) is 16.8. The Kier molecular flexibility index (Phi) is 5.79. The maximum atomic E-state index is 12.3. The summed E-state index contributed by atoms with van der Waals surface area (Å²) in [5.74, 6) is -0.476. The number of benzene rings is 1. The van der Waals surface area contributed by atoms with Crippen LogP contribution in [0.4, 0.5) is 5.69 Å². The molecule has 2 aromatic rings. The minimum atomic E-state index is -0.399. The molecule has 0 aliphatic heterocycles. The number of thioether (sulfide) groups is 1. The second-order valence-corrected chi connectivity index (χ2v) is 8.24. The number of rotatable bonds is 7. The molecule has 1 fully saturated rings. The van der Waals surface area contributed by atoms with Crippen molar-refractivity contribution in [2.75, 3.05) is 11.9 Å². The van der Waals surface area contributed by atoms with Gasteiger partial charge in [-0.15, -0.1) is 5.10 Å². The molecule has 1 unspecified atom stereocenters. The van der Waals surface area contributed by atoms with Crippen molar-refractivity contribution in [3.63, 3.8) is 0 Å². The predicted molar refractivity (Wildman–Crippen MR) is 104 cm³/mol. The third-order valence-corrected chi connectivity index (χ3v) is 5.42. The second-order valence-electron chi connectivity index (χ2n) is 6.94. The van der Waals surface area contributed by atoms with Gasteiger partial charge in [0.15, 0.2) is 0 Å². The first-order chi connectivity index (χ1) is 12.8. The van der Waals surface area contributed by atoms with Crippen molar-refractivity contribution >= 4 is 29.3 Å². The first-order valence-corrected chi connectivity index (χ1v) is 9.83. The number of nitrogens with one attached hydrogen (secondary N) is 2. The highest BCUT2D eigenvalue weighted by Gasteiger charge is 2.29. The van der Waals surface area contributed by atoms with E-state index in [4.69, 9.17) is 0 Å². The van der Waals surface area contributed by atoms with Gasteiger partial charge in [-0.25, -0.2) is 4.68 Å². The Balaban J connectivity index is 1.51. The highest BCUT2D eigenvalue weighted by Crippen LogP contribution is 2.37. The maximum absolute atomic E-state index is 12.3. The summed E-state index contributed by atoms with van der Waals surface area (Å²) in [6, 6.07) is 4.39. The number of aromatic nitrogens is 4. The molecular formula is C18H24N6O2S. The Hall–Kier alpha value is -2.42. The van der Waals surface area contributed by atoms with Crippen LogP contribution in [0, 0.1) is 20.8 Å². The largest absolute Gasteiger partial charge is 0.346 e. The van der Waals surface area contributed by atoms with E-state index in [2.05, 4.69) is 26.2 Å². The Bertz CT molecular complexity index is 838. The molecule has 0 bridgehead atoms.